The molecule has 0 aliphatic carbocycles. The van der Waals surface area contributed by atoms with Gasteiger partial charge in [-0.25, -0.2) is 0 Å². The number of hydrogen-bond donors (Lipinski definition) is 1. The number of ether oxygens (including phenoxy) is 2. The number of amidine groups is 2. The Morgan fingerprint density at radius 1 is 0.974 bits per heavy atom. The summed E-state index contributed by atoms with van der Waals surface area (Å²) in [5.41, 5.74) is 4.26. The first-order valence-corrected chi connectivity index (χ1v) is 12.9. The van der Waals surface area contributed by atoms with Crippen molar-refractivity contribution in [3.05, 3.63) is 101 Å². The van der Waals surface area contributed by atoms with Crippen LogP contribution in [0.25, 0.3) is 17.0 Å². The Bertz CT molecular complexity index is 1720. The molecule has 3 aliphatic heterocycles. The Morgan fingerprint density at radius 3 is 2.68 bits per heavy atom. The molecule has 0 saturated heterocycles. The minimum absolute atomic E-state index is 0.0307. The van der Waals surface area contributed by atoms with Gasteiger partial charge in [0.25, 0.3) is 5.91 Å². The van der Waals surface area contributed by atoms with Crippen molar-refractivity contribution in [2.75, 3.05) is 6.79 Å². The summed E-state index contributed by atoms with van der Waals surface area (Å²) in [6, 6.07) is 24.0. The van der Waals surface area contributed by atoms with Gasteiger partial charge in [0.1, 0.15) is 5.04 Å². The van der Waals surface area contributed by atoms with E-state index in [0.29, 0.717) is 18.1 Å². The maximum absolute atomic E-state index is 13.0. The molecular weight excluding hydrogens is 498 g/mol. The van der Waals surface area contributed by atoms with Gasteiger partial charge in [0.05, 0.1) is 5.57 Å². The molecule has 3 aromatic carbocycles. The number of carbonyl (C=O) groups excluding carboxylic acids is 1. The lowest BCUT2D eigenvalue weighted by Gasteiger charge is -2.20. The molecule has 0 atom stereocenters. The van der Waals surface area contributed by atoms with Gasteiger partial charge >= 0.3 is 0 Å². The second-order valence-corrected chi connectivity index (χ2v) is 10.1. The molecule has 0 bridgehead atoms. The van der Waals surface area contributed by atoms with Gasteiger partial charge in [-0.05, 0) is 47.2 Å². The topological polar surface area (TPSA) is 92.3 Å². The van der Waals surface area contributed by atoms with Crippen molar-refractivity contribution in [1.82, 2.24) is 9.58 Å². The summed E-state index contributed by atoms with van der Waals surface area (Å²) in [7, 11) is 0. The van der Waals surface area contributed by atoms with Gasteiger partial charge in [0.15, 0.2) is 17.3 Å². The Hall–Kier alpha value is -4.63. The lowest BCUT2D eigenvalue weighted by atomic mass is 10.1. The van der Waals surface area contributed by atoms with E-state index in [2.05, 4.69) is 14.7 Å². The number of amides is 1. The van der Waals surface area contributed by atoms with Crippen molar-refractivity contribution in [1.29, 1.82) is 5.41 Å². The van der Waals surface area contributed by atoms with Crippen LogP contribution < -0.4 is 9.47 Å². The van der Waals surface area contributed by atoms with E-state index in [1.807, 2.05) is 79.0 Å². The summed E-state index contributed by atoms with van der Waals surface area (Å²) >= 11 is 1.34. The zero-order valence-electron chi connectivity index (χ0n) is 20.1. The number of aliphatic imine (C=N–C) groups is 1. The minimum Gasteiger partial charge on any atom is -0.454 e. The number of para-hydroxylation sites is 1. The molecular formula is C29H21N5O3S. The van der Waals surface area contributed by atoms with Crippen LogP contribution in [0.5, 0.6) is 11.5 Å². The molecule has 0 spiro atoms. The van der Waals surface area contributed by atoms with Crippen LogP contribution in [0.15, 0.2) is 94.7 Å². The van der Waals surface area contributed by atoms with Gasteiger partial charge in [0.2, 0.25) is 12.0 Å². The molecule has 1 N–H and O–H groups in total. The first kappa shape index (κ1) is 22.6. The third-order valence-electron chi connectivity index (χ3n) is 6.60. The maximum atomic E-state index is 13.0. The zero-order valence-corrected chi connectivity index (χ0v) is 20.9. The van der Waals surface area contributed by atoms with E-state index in [9.17, 15) is 4.79 Å². The van der Waals surface area contributed by atoms with Crippen LogP contribution in [0.3, 0.4) is 0 Å². The van der Waals surface area contributed by atoms with Gasteiger partial charge in [-0.2, -0.15) is 15.1 Å². The van der Waals surface area contributed by atoms with E-state index in [4.69, 9.17) is 14.9 Å². The van der Waals surface area contributed by atoms with Gasteiger partial charge in [0, 0.05) is 35.6 Å². The number of hydrazone groups is 1. The van der Waals surface area contributed by atoms with Crippen molar-refractivity contribution < 1.29 is 14.3 Å². The van der Waals surface area contributed by atoms with Crippen LogP contribution in [-0.4, -0.2) is 38.3 Å². The van der Waals surface area contributed by atoms with E-state index >= 15 is 0 Å². The minimum atomic E-state index is -0.433. The molecule has 1 amide bonds. The highest BCUT2D eigenvalue weighted by atomic mass is 32.2. The molecule has 8 nitrogen and oxygen atoms in total. The van der Waals surface area contributed by atoms with E-state index in [-0.39, 0.29) is 18.2 Å². The van der Waals surface area contributed by atoms with Crippen molar-refractivity contribution >= 4 is 50.7 Å². The highest BCUT2D eigenvalue weighted by molar-refractivity contribution is 8.26. The summed E-state index contributed by atoms with van der Waals surface area (Å²) in [5.74, 6) is 1.09. The molecule has 1 aromatic heterocycles. The lowest BCUT2D eigenvalue weighted by Crippen LogP contribution is -2.35. The van der Waals surface area contributed by atoms with E-state index in [0.717, 1.165) is 44.1 Å². The van der Waals surface area contributed by atoms with Crippen LogP contribution in [0, 0.1) is 5.41 Å². The number of hydrogen-bond acceptors (Lipinski definition) is 6. The van der Waals surface area contributed by atoms with Crippen molar-refractivity contribution in [2.24, 2.45) is 10.1 Å². The first-order valence-electron chi connectivity index (χ1n) is 12.1. The molecule has 9 heteroatoms. The molecule has 0 fully saturated rings. The van der Waals surface area contributed by atoms with E-state index in [1.54, 1.807) is 6.08 Å². The number of rotatable bonds is 5. The molecule has 7 rings (SSSR count). The van der Waals surface area contributed by atoms with Gasteiger partial charge < -0.3 is 14.0 Å². The summed E-state index contributed by atoms with van der Waals surface area (Å²) in [5, 5.41) is 17.1. The summed E-state index contributed by atoms with van der Waals surface area (Å²) < 4.78 is 13.1. The number of fused-ring (bicyclic) bond motifs is 3. The molecule has 3 aliphatic rings. The second kappa shape index (κ2) is 9.04. The molecule has 0 radical (unpaired) electrons. The Labute approximate surface area is 222 Å². The second-order valence-electron chi connectivity index (χ2n) is 9.09. The monoisotopic (exact) mass is 519 g/mol. The Morgan fingerprint density at radius 2 is 1.79 bits per heavy atom. The number of aromatic nitrogens is 1. The number of thioether (sulfide) groups is 1. The van der Waals surface area contributed by atoms with Crippen molar-refractivity contribution in [3.63, 3.8) is 0 Å². The van der Waals surface area contributed by atoms with Crippen LogP contribution >= 0.6 is 11.8 Å². The predicted molar refractivity (Wildman–Crippen MR) is 149 cm³/mol. The molecule has 4 aromatic rings. The average molecular weight is 520 g/mol. The van der Waals surface area contributed by atoms with Crippen LogP contribution in [0.4, 0.5) is 0 Å². The number of benzene rings is 3. The average Bonchev–Trinajstić information content (AvgIpc) is 3.65. The SMILES string of the molecule is N=C1C(=Cc2cn(Cc3ccc4c(c3)OCO4)c3ccccc23)C(=O)N=C2SC(Cc3ccccc3)=NN12. The van der Waals surface area contributed by atoms with Gasteiger partial charge in [-0.15, -0.1) is 0 Å². The predicted octanol–water partition coefficient (Wildman–Crippen LogP) is 5.28. The Balaban J connectivity index is 1.21. The third kappa shape index (κ3) is 3.97. The van der Waals surface area contributed by atoms with Crippen LogP contribution in [0.1, 0.15) is 16.7 Å². The maximum Gasteiger partial charge on any atom is 0.283 e. The summed E-state index contributed by atoms with van der Waals surface area (Å²) in [6.07, 6.45) is 4.37. The lowest BCUT2D eigenvalue weighted by molar-refractivity contribution is -0.114. The van der Waals surface area contributed by atoms with Gasteiger partial charge in [-0.1, -0.05) is 54.6 Å². The van der Waals surface area contributed by atoms with Crippen molar-refractivity contribution in [3.8, 4) is 11.5 Å². The highest BCUT2D eigenvalue weighted by Crippen LogP contribution is 2.34. The fourth-order valence-corrected chi connectivity index (χ4v) is 5.71. The molecule has 186 valence electrons. The van der Waals surface area contributed by atoms with Gasteiger partial charge in [-0.3, -0.25) is 10.2 Å². The largest absolute Gasteiger partial charge is 0.454 e. The molecule has 0 unspecified atom stereocenters. The number of nitrogens with zero attached hydrogens (tertiary/aromatic N) is 4. The number of nitrogens with one attached hydrogen (secondary N) is 1. The first-order chi connectivity index (χ1) is 18.6. The fraction of sp³-hybridized carbons (Fsp3) is 0.103. The molecule has 0 saturated carbocycles. The van der Waals surface area contributed by atoms with Crippen LogP contribution in [0.2, 0.25) is 0 Å². The molecule has 4 heterocycles. The normalized spacial score (nSPS) is 17.3. The third-order valence-corrected chi connectivity index (χ3v) is 7.51. The van der Waals surface area contributed by atoms with Crippen LogP contribution in [-0.2, 0) is 17.8 Å². The Kier molecular flexibility index (Phi) is 5.36. The quantitative estimate of drug-likeness (QED) is 0.362. The van der Waals surface area contributed by atoms with E-state index < -0.39 is 5.91 Å². The highest BCUT2D eigenvalue weighted by Gasteiger charge is 2.35. The number of carbonyl (C=O) groups is 1. The fourth-order valence-electron chi connectivity index (χ4n) is 4.79. The van der Waals surface area contributed by atoms with E-state index in [1.165, 1.54) is 16.8 Å². The molecule has 38 heavy (non-hydrogen) atoms. The smallest absolute Gasteiger partial charge is 0.283 e. The standard InChI is InChI=1S/C29H21N5O3S/c30-27-22(28(35)31-29-34(27)32-26(38-29)13-18-6-2-1-3-7-18)14-20-16-33(23-9-5-4-8-21(20)23)15-19-10-11-24-25(12-19)37-17-36-24/h1-12,14,16,30H,13,15,17H2. The summed E-state index contributed by atoms with van der Waals surface area (Å²) in [4.78, 5) is 17.3. The zero-order chi connectivity index (χ0) is 25.6. The van der Waals surface area contributed by atoms with Crippen molar-refractivity contribution in [2.45, 2.75) is 13.0 Å². The summed E-state index contributed by atoms with van der Waals surface area (Å²) in [6.45, 7) is 0.852.